The Morgan fingerprint density at radius 3 is 1.97 bits per heavy atom. The predicted molar refractivity (Wildman–Crippen MR) is 138 cm³/mol. The van der Waals surface area contributed by atoms with E-state index in [-0.39, 0.29) is 15.8 Å². The second kappa shape index (κ2) is 11.7. The maximum absolute atomic E-state index is 13.4. The van der Waals surface area contributed by atoms with Gasteiger partial charge in [0.15, 0.2) is 0 Å². The highest BCUT2D eigenvalue weighted by atomic mass is 35.5. The molecule has 0 saturated carbocycles. The van der Waals surface area contributed by atoms with E-state index in [1.54, 1.807) is 16.6 Å². The molecule has 0 fully saturated rings. The molecular weight excluding hydrogens is 623 g/mol. The van der Waals surface area contributed by atoms with Crippen molar-refractivity contribution in [1.82, 2.24) is 14.2 Å². The summed E-state index contributed by atoms with van der Waals surface area (Å²) in [7, 11) is -18.1. The van der Waals surface area contributed by atoms with Crippen LogP contribution in [-0.2, 0) is 40.1 Å². The second-order valence-electron chi connectivity index (χ2n) is 7.17. The molecule has 0 amide bonds. The largest absolute Gasteiger partial charge is 0.281 e. The van der Waals surface area contributed by atoms with Crippen molar-refractivity contribution in [2.24, 2.45) is 0 Å². The highest BCUT2D eigenvalue weighted by Gasteiger charge is 2.36. The van der Waals surface area contributed by atoms with Crippen molar-refractivity contribution in [3.05, 3.63) is 51.5 Å². The lowest BCUT2D eigenvalue weighted by atomic mass is 10.3. The van der Waals surface area contributed by atoms with Crippen LogP contribution in [0.2, 0.25) is 15.1 Å². The zero-order chi connectivity index (χ0) is 27.5. The van der Waals surface area contributed by atoms with Gasteiger partial charge in [-0.1, -0.05) is 66.3 Å². The van der Waals surface area contributed by atoms with Gasteiger partial charge in [-0.25, -0.2) is 33.7 Å². The highest BCUT2D eigenvalue weighted by Crippen LogP contribution is 2.41. The van der Waals surface area contributed by atoms with Crippen LogP contribution >= 0.6 is 34.8 Å². The first-order chi connectivity index (χ1) is 16.4. The van der Waals surface area contributed by atoms with E-state index in [9.17, 15) is 33.7 Å². The zero-order valence-corrected chi connectivity index (χ0v) is 24.1. The number of hydrogen-bond donors (Lipinski definition) is 3. The molecule has 0 aliphatic rings. The summed E-state index contributed by atoms with van der Waals surface area (Å²) in [5.41, 5.74) is -0.440. The fourth-order valence-corrected chi connectivity index (χ4v) is 8.54. The van der Waals surface area contributed by atoms with E-state index < -0.39 is 71.5 Å². The molecule has 2 rings (SSSR count). The molecule has 0 unspecified atom stereocenters. The molecule has 3 N–H and O–H groups in total. The van der Waals surface area contributed by atoms with Crippen LogP contribution in [-0.4, -0.2) is 50.2 Å². The quantitative estimate of drug-likeness (QED) is 0.233. The van der Waals surface area contributed by atoms with Gasteiger partial charge in [0.25, 0.3) is 20.0 Å². The number of halogens is 3. The molecule has 2 aromatic rings. The first kappa shape index (κ1) is 31.0. The van der Waals surface area contributed by atoms with Gasteiger partial charge in [-0.2, -0.15) is 0 Å². The molecule has 0 aliphatic heterocycles. The molecule has 0 atom stereocenters. The Bertz CT molecular complexity index is 1550. The molecule has 19 heteroatoms. The molecule has 202 valence electrons. The number of hydrogen-bond acceptors (Lipinski definition) is 8. The average molecular weight is 644 g/mol. The van der Waals surface area contributed by atoms with Crippen LogP contribution in [0.15, 0.2) is 46.2 Å². The summed E-state index contributed by atoms with van der Waals surface area (Å²) in [5, 5.41) is -1.91. The minimum Gasteiger partial charge on any atom is -0.281 e. The molecule has 2 aromatic carbocycles. The van der Waals surface area contributed by atoms with Crippen molar-refractivity contribution in [3.63, 3.8) is 0 Å². The standard InChI is InChI=1S/C17H21Cl3N4O8S4/c1-3-4-10-34(27,28)22-24(23-35(29,30)12-8-6-5-7-9-12)36(31,32)14-11-13(18)17(16(20)15(14)19)21-33(2,25)26/h5-9,11,21-23H,3-4,10H2,1-2H3. The molecular formula is C17H21Cl3N4O8S4. The highest BCUT2D eigenvalue weighted by molar-refractivity contribution is 7.94. The molecule has 0 aromatic heterocycles. The van der Waals surface area contributed by atoms with Crippen LogP contribution in [0.1, 0.15) is 19.8 Å². The van der Waals surface area contributed by atoms with E-state index >= 15 is 0 Å². The minimum absolute atomic E-state index is 0.138. The fraction of sp³-hybridized carbons (Fsp3) is 0.294. The summed E-state index contributed by atoms with van der Waals surface area (Å²) >= 11 is 18.2. The molecule has 36 heavy (non-hydrogen) atoms. The van der Waals surface area contributed by atoms with Crippen molar-refractivity contribution in [2.75, 3.05) is 16.7 Å². The fourth-order valence-electron chi connectivity index (χ4n) is 2.52. The first-order valence-electron chi connectivity index (χ1n) is 9.69. The van der Waals surface area contributed by atoms with Gasteiger partial charge < -0.3 is 0 Å². The number of nitrogens with zero attached hydrogens (tertiary/aromatic N) is 1. The summed E-state index contributed by atoms with van der Waals surface area (Å²) in [5.74, 6) is -0.533. The molecule has 12 nitrogen and oxygen atoms in total. The SMILES string of the molecule is CCCCS(=O)(=O)NN(NS(=O)(=O)c1ccccc1)S(=O)(=O)c1cc(Cl)c(NS(C)(=O)=O)c(Cl)c1Cl. The van der Waals surface area contributed by atoms with Gasteiger partial charge >= 0.3 is 0 Å². The lowest BCUT2D eigenvalue weighted by Gasteiger charge is -2.24. The summed E-state index contributed by atoms with van der Waals surface area (Å²) in [6, 6.07) is 7.21. The molecule has 0 heterocycles. The molecule has 0 radical (unpaired) electrons. The van der Waals surface area contributed by atoms with E-state index in [0.717, 1.165) is 18.4 Å². The van der Waals surface area contributed by atoms with E-state index in [1.165, 1.54) is 18.2 Å². The topological polar surface area (TPSA) is 176 Å². The van der Waals surface area contributed by atoms with Gasteiger partial charge in [-0.3, -0.25) is 4.72 Å². The normalized spacial score (nSPS) is 13.2. The average Bonchev–Trinajstić information content (AvgIpc) is 2.77. The smallest absolute Gasteiger partial charge is 0.272 e. The van der Waals surface area contributed by atoms with Crippen molar-refractivity contribution in [1.29, 1.82) is 0 Å². The van der Waals surface area contributed by atoms with Gasteiger partial charge in [0.1, 0.15) is 4.90 Å². The summed E-state index contributed by atoms with van der Waals surface area (Å²) in [6.07, 6.45) is 1.36. The third kappa shape index (κ3) is 7.89. The number of nitrogens with one attached hydrogen (secondary N) is 3. The number of hydrazine groups is 2. The zero-order valence-electron chi connectivity index (χ0n) is 18.6. The number of rotatable bonds is 12. The van der Waals surface area contributed by atoms with Gasteiger partial charge in [0, 0.05) is 0 Å². The Balaban J connectivity index is 2.68. The van der Waals surface area contributed by atoms with E-state index in [0.29, 0.717) is 12.5 Å². The van der Waals surface area contributed by atoms with Crippen molar-refractivity contribution in [2.45, 2.75) is 29.6 Å². The lowest BCUT2D eigenvalue weighted by molar-refractivity contribution is 0.343. The van der Waals surface area contributed by atoms with Crippen LogP contribution in [0.25, 0.3) is 0 Å². The van der Waals surface area contributed by atoms with Gasteiger partial charge in [-0.15, -0.1) is 9.66 Å². The molecule has 0 spiro atoms. The lowest BCUT2D eigenvalue weighted by Crippen LogP contribution is -2.56. The number of unbranched alkanes of at least 4 members (excludes halogenated alkanes) is 1. The monoisotopic (exact) mass is 642 g/mol. The van der Waals surface area contributed by atoms with Crippen LogP contribution < -0.4 is 14.4 Å². The van der Waals surface area contributed by atoms with Gasteiger partial charge in [0.2, 0.25) is 20.0 Å². The van der Waals surface area contributed by atoms with Crippen LogP contribution in [0.4, 0.5) is 5.69 Å². The van der Waals surface area contributed by atoms with Crippen molar-refractivity contribution < 1.29 is 33.7 Å². The third-order valence-electron chi connectivity index (χ3n) is 4.18. The minimum atomic E-state index is -5.16. The maximum Gasteiger partial charge on any atom is 0.272 e. The predicted octanol–water partition coefficient (Wildman–Crippen LogP) is 2.54. The van der Waals surface area contributed by atoms with Crippen molar-refractivity contribution in [3.8, 4) is 0 Å². The number of anilines is 1. The third-order valence-corrected chi connectivity index (χ3v) is 10.4. The van der Waals surface area contributed by atoms with E-state index in [2.05, 4.69) is 0 Å². The second-order valence-corrected chi connectivity index (χ2v) is 15.3. The summed E-state index contributed by atoms with van der Waals surface area (Å²) in [4.78, 5) is 2.05. The Morgan fingerprint density at radius 2 is 1.44 bits per heavy atom. The van der Waals surface area contributed by atoms with Crippen LogP contribution in [0.5, 0.6) is 0 Å². The van der Waals surface area contributed by atoms with E-state index in [1.807, 2.05) is 4.72 Å². The molecule has 0 saturated heterocycles. The maximum atomic E-state index is 13.4. The Morgan fingerprint density at radius 1 is 0.861 bits per heavy atom. The van der Waals surface area contributed by atoms with Crippen LogP contribution in [0.3, 0.4) is 0 Å². The number of benzene rings is 2. The van der Waals surface area contributed by atoms with Crippen molar-refractivity contribution >= 4 is 80.6 Å². The molecule has 0 bridgehead atoms. The van der Waals surface area contributed by atoms with E-state index in [4.69, 9.17) is 34.8 Å². The molecule has 0 aliphatic carbocycles. The Hall–Kier alpha value is -1.21. The Labute approximate surface area is 225 Å². The first-order valence-corrected chi connectivity index (χ1v) is 17.3. The summed E-state index contributed by atoms with van der Waals surface area (Å²) in [6.45, 7) is 1.69. The van der Waals surface area contributed by atoms with Crippen LogP contribution in [0, 0.1) is 0 Å². The summed E-state index contributed by atoms with van der Waals surface area (Å²) < 4.78 is 103. The Kier molecular flexibility index (Phi) is 10.1. The van der Waals surface area contributed by atoms with Gasteiger partial charge in [0.05, 0.1) is 37.7 Å². The number of sulfonamides is 4. The van der Waals surface area contributed by atoms with Gasteiger partial charge in [-0.05, 0) is 29.1 Å².